The maximum atomic E-state index is 13.9. The lowest BCUT2D eigenvalue weighted by Crippen LogP contribution is -2.38. The van der Waals surface area contributed by atoms with Gasteiger partial charge in [0.25, 0.3) is 0 Å². The third-order valence-electron chi connectivity index (χ3n) is 3.65. The second-order valence-electron chi connectivity index (χ2n) is 6.01. The lowest BCUT2D eigenvalue weighted by Gasteiger charge is -2.22. The van der Waals surface area contributed by atoms with Gasteiger partial charge in [0.05, 0.1) is 19.3 Å². The smallest absolute Gasteiger partial charge is 0.194 e. The molecule has 1 heterocycles. The zero-order valence-corrected chi connectivity index (χ0v) is 16.7. The average molecular weight is 380 g/mol. The number of aromatic nitrogens is 1. The molecule has 0 saturated heterocycles. The van der Waals surface area contributed by atoms with Gasteiger partial charge in [0.15, 0.2) is 22.7 Å². The minimum Gasteiger partial charge on any atom is -0.494 e. The molecule has 0 fully saturated rings. The van der Waals surface area contributed by atoms with Crippen molar-refractivity contribution in [3.05, 3.63) is 40.7 Å². The number of rotatable bonds is 7. The summed E-state index contributed by atoms with van der Waals surface area (Å²) in [5, 5.41) is 6.24. The number of hydrogen-bond donors (Lipinski definition) is 1. The molecule has 0 saturated carbocycles. The summed E-state index contributed by atoms with van der Waals surface area (Å²) in [4.78, 5) is 13.1. The van der Waals surface area contributed by atoms with Gasteiger partial charge in [-0.3, -0.25) is 0 Å². The highest BCUT2D eigenvalue weighted by Gasteiger charge is 2.10. The highest BCUT2D eigenvalue weighted by Crippen LogP contribution is 2.19. The van der Waals surface area contributed by atoms with Crippen molar-refractivity contribution in [1.29, 1.82) is 0 Å². The van der Waals surface area contributed by atoms with E-state index in [1.54, 1.807) is 17.4 Å². The van der Waals surface area contributed by atoms with Gasteiger partial charge >= 0.3 is 0 Å². The predicted octanol–water partition coefficient (Wildman–Crippen LogP) is 2.95. The third kappa shape index (κ3) is 5.32. The minimum absolute atomic E-state index is 0.247. The van der Waals surface area contributed by atoms with Crippen LogP contribution < -0.4 is 15.0 Å². The normalized spacial score (nSPS) is 11.4. The monoisotopic (exact) mass is 379 g/mol. The van der Waals surface area contributed by atoms with Crippen LogP contribution in [0.5, 0.6) is 5.75 Å². The summed E-state index contributed by atoms with van der Waals surface area (Å²) in [6.07, 6.45) is 0. The molecule has 0 bridgehead atoms. The van der Waals surface area contributed by atoms with Crippen molar-refractivity contribution in [1.82, 2.24) is 15.2 Å². The van der Waals surface area contributed by atoms with Crippen molar-refractivity contribution in [3.63, 3.8) is 0 Å². The summed E-state index contributed by atoms with van der Waals surface area (Å²) < 4.78 is 18.8. The van der Waals surface area contributed by atoms with E-state index >= 15 is 0 Å². The Kier molecular flexibility index (Phi) is 7.20. The average Bonchev–Trinajstić information content (AvgIpc) is 3.08. The van der Waals surface area contributed by atoms with Crippen molar-refractivity contribution in [2.75, 3.05) is 39.7 Å². The number of methoxy groups -OCH3 is 1. The number of anilines is 1. The van der Waals surface area contributed by atoms with Gasteiger partial charge in [0.1, 0.15) is 0 Å². The summed E-state index contributed by atoms with van der Waals surface area (Å²) in [6, 6.07) is 4.98. The Balaban J connectivity index is 2.07. The number of ether oxygens (including phenoxy) is 1. The van der Waals surface area contributed by atoms with E-state index in [2.05, 4.69) is 15.3 Å². The van der Waals surface area contributed by atoms with E-state index in [1.807, 2.05) is 49.3 Å². The first-order valence-electron chi connectivity index (χ1n) is 8.38. The third-order valence-corrected chi connectivity index (χ3v) is 4.70. The Morgan fingerprint density at radius 1 is 1.35 bits per heavy atom. The molecule has 0 spiro atoms. The molecule has 2 aromatic rings. The van der Waals surface area contributed by atoms with Crippen LogP contribution in [0.15, 0.2) is 28.6 Å². The molecular weight excluding hydrogens is 353 g/mol. The molecule has 0 aliphatic heterocycles. The zero-order chi connectivity index (χ0) is 19.1. The molecule has 1 aromatic carbocycles. The number of benzene rings is 1. The maximum Gasteiger partial charge on any atom is 0.194 e. The number of nitrogens with one attached hydrogen (secondary N) is 1. The van der Waals surface area contributed by atoms with Crippen LogP contribution in [0, 0.1) is 5.82 Å². The van der Waals surface area contributed by atoms with Crippen LogP contribution in [-0.2, 0) is 13.1 Å². The van der Waals surface area contributed by atoms with Gasteiger partial charge in [-0.25, -0.2) is 14.4 Å². The number of aliphatic imine (C=N–C) groups is 1. The predicted molar refractivity (Wildman–Crippen MR) is 106 cm³/mol. The lowest BCUT2D eigenvalue weighted by atomic mass is 10.2. The first-order valence-corrected chi connectivity index (χ1v) is 9.26. The van der Waals surface area contributed by atoms with Crippen molar-refractivity contribution in [2.24, 2.45) is 4.99 Å². The van der Waals surface area contributed by atoms with Gasteiger partial charge in [-0.15, -0.1) is 11.3 Å². The van der Waals surface area contributed by atoms with Crippen LogP contribution in [-0.4, -0.2) is 50.6 Å². The van der Waals surface area contributed by atoms with Crippen molar-refractivity contribution >= 4 is 22.4 Å². The quantitative estimate of drug-likeness (QED) is 0.592. The molecule has 0 amide bonds. The van der Waals surface area contributed by atoms with Gasteiger partial charge in [-0.1, -0.05) is 6.07 Å². The summed E-state index contributed by atoms with van der Waals surface area (Å²) in [5.41, 5.74) is 1.78. The SMILES string of the molecule is CCNC(=NCc1csc(N(C)C)n1)N(C)Cc1ccc(OC)c(F)c1. The highest BCUT2D eigenvalue weighted by molar-refractivity contribution is 7.13. The van der Waals surface area contributed by atoms with E-state index in [1.165, 1.54) is 13.2 Å². The second-order valence-corrected chi connectivity index (χ2v) is 6.85. The summed E-state index contributed by atoms with van der Waals surface area (Å²) >= 11 is 1.60. The van der Waals surface area contributed by atoms with Gasteiger partial charge < -0.3 is 19.9 Å². The molecule has 8 heteroatoms. The molecule has 0 radical (unpaired) electrons. The fourth-order valence-electron chi connectivity index (χ4n) is 2.36. The molecule has 142 valence electrons. The standard InChI is InChI=1S/C18H26FN5OS/c1-6-20-17(21-10-14-12-26-18(22-14)23(2)3)24(4)11-13-7-8-16(25-5)15(19)9-13/h7-9,12H,6,10-11H2,1-5H3,(H,20,21). The summed E-state index contributed by atoms with van der Waals surface area (Å²) in [6.45, 7) is 3.80. The number of nitrogens with zero attached hydrogens (tertiary/aromatic N) is 4. The highest BCUT2D eigenvalue weighted by atomic mass is 32.1. The maximum absolute atomic E-state index is 13.9. The first-order chi connectivity index (χ1) is 12.4. The molecule has 0 unspecified atom stereocenters. The van der Waals surface area contributed by atoms with Crippen molar-refractivity contribution < 1.29 is 9.13 Å². The summed E-state index contributed by atoms with van der Waals surface area (Å²) in [7, 11) is 7.33. The Labute approximate surface area is 158 Å². The van der Waals surface area contributed by atoms with Crippen molar-refractivity contribution in [3.8, 4) is 5.75 Å². The molecule has 2 rings (SSSR count). The van der Waals surface area contributed by atoms with Crippen LogP contribution in [0.25, 0.3) is 0 Å². The minimum atomic E-state index is -0.362. The fraction of sp³-hybridized carbons (Fsp3) is 0.444. The zero-order valence-electron chi connectivity index (χ0n) is 15.9. The van der Waals surface area contributed by atoms with Gasteiger partial charge in [-0.05, 0) is 24.6 Å². The van der Waals surface area contributed by atoms with Crippen LogP contribution in [0.1, 0.15) is 18.2 Å². The molecule has 6 nitrogen and oxygen atoms in total. The van der Waals surface area contributed by atoms with Crippen LogP contribution in [0.4, 0.5) is 9.52 Å². The lowest BCUT2D eigenvalue weighted by molar-refractivity contribution is 0.385. The van der Waals surface area contributed by atoms with E-state index in [9.17, 15) is 4.39 Å². The van der Waals surface area contributed by atoms with E-state index in [4.69, 9.17) is 4.74 Å². The number of hydrogen-bond acceptors (Lipinski definition) is 5. The van der Waals surface area contributed by atoms with Crippen LogP contribution >= 0.6 is 11.3 Å². The summed E-state index contributed by atoms with van der Waals surface area (Å²) in [5.74, 6) is 0.638. The fourth-order valence-corrected chi connectivity index (χ4v) is 3.11. The molecule has 0 aliphatic rings. The Morgan fingerprint density at radius 2 is 2.12 bits per heavy atom. The number of guanidine groups is 1. The molecule has 0 aliphatic carbocycles. The van der Waals surface area contributed by atoms with Gasteiger partial charge in [0, 0.05) is 39.6 Å². The van der Waals surface area contributed by atoms with Gasteiger partial charge in [0.2, 0.25) is 0 Å². The Bertz CT molecular complexity index is 747. The number of thiazole rings is 1. The van der Waals surface area contributed by atoms with Gasteiger partial charge in [-0.2, -0.15) is 0 Å². The molecular formula is C18H26FN5OS. The van der Waals surface area contributed by atoms with E-state index in [0.29, 0.717) is 13.1 Å². The number of halogens is 1. The van der Waals surface area contributed by atoms with Crippen molar-refractivity contribution in [2.45, 2.75) is 20.0 Å². The topological polar surface area (TPSA) is 53.0 Å². The Hall–Kier alpha value is -2.35. The molecule has 0 atom stereocenters. The van der Waals surface area contributed by atoms with E-state index < -0.39 is 0 Å². The second kappa shape index (κ2) is 9.38. The largest absolute Gasteiger partial charge is 0.494 e. The molecule has 1 N–H and O–H groups in total. The molecule has 1 aromatic heterocycles. The van der Waals surface area contributed by atoms with E-state index in [0.717, 1.165) is 28.9 Å². The Morgan fingerprint density at radius 3 is 2.69 bits per heavy atom. The molecule has 26 heavy (non-hydrogen) atoms. The first kappa shape index (κ1) is 20.0. The van der Waals surface area contributed by atoms with Crippen LogP contribution in [0.3, 0.4) is 0 Å². The van der Waals surface area contributed by atoms with Crippen LogP contribution in [0.2, 0.25) is 0 Å². The van der Waals surface area contributed by atoms with E-state index in [-0.39, 0.29) is 11.6 Å².